The van der Waals surface area contributed by atoms with Crippen molar-refractivity contribution >= 4 is 28.9 Å². The van der Waals surface area contributed by atoms with Crippen molar-refractivity contribution < 1.29 is 9.21 Å². The molecule has 0 unspecified atom stereocenters. The summed E-state index contributed by atoms with van der Waals surface area (Å²) in [5.74, 6) is -0.0136. The van der Waals surface area contributed by atoms with Gasteiger partial charge < -0.3 is 9.32 Å². The van der Waals surface area contributed by atoms with Gasteiger partial charge in [0.2, 0.25) is 17.3 Å². The summed E-state index contributed by atoms with van der Waals surface area (Å²) in [5.41, 5.74) is 4.21. The fourth-order valence-corrected chi connectivity index (χ4v) is 3.19. The Morgan fingerprint density at radius 3 is 2.34 bits per heavy atom. The van der Waals surface area contributed by atoms with E-state index in [1.165, 1.54) is 0 Å². The predicted octanol–water partition coefficient (Wildman–Crippen LogP) is 5.26. The molecule has 0 saturated carbocycles. The van der Waals surface area contributed by atoms with Crippen LogP contribution in [0.2, 0.25) is 0 Å². The van der Waals surface area contributed by atoms with Crippen LogP contribution in [-0.4, -0.2) is 36.1 Å². The second-order valence-corrected chi connectivity index (χ2v) is 7.05. The molecule has 2 aromatic carbocycles. The van der Waals surface area contributed by atoms with Gasteiger partial charge in [0, 0.05) is 25.2 Å². The van der Waals surface area contributed by atoms with E-state index in [-0.39, 0.29) is 11.5 Å². The van der Waals surface area contributed by atoms with Gasteiger partial charge in [-0.15, -0.1) is 0 Å². The first-order valence-corrected chi connectivity index (χ1v) is 9.34. The number of benzene rings is 2. The van der Waals surface area contributed by atoms with Crippen LogP contribution in [0.5, 0.6) is 0 Å². The molecule has 0 bridgehead atoms. The van der Waals surface area contributed by atoms with Crippen molar-refractivity contribution in [1.82, 2.24) is 9.88 Å². The maximum absolute atomic E-state index is 13.1. The molecule has 4 aromatic rings. The molecule has 2 aromatic heterocycles. The quantitative estimate of drug-likeness (QED) is 0.268. The minimum Gasteiger partial charge on any atom is -0.432 e. The second-order valence-electron chi connectivity index (χ2n) is 7.05. The van der Waals surface area contributed by atoms with Crippen molar-refractivity contribution in [3.63, 3.8) is 0 Å². The lowest BCUT2D eigenvalue weighted by molar-refractivity contribution is 0.101. The van der Waals surface area contributed by atoms with E-state index in [0.717, 1.165) is 22.2 Å². The van der Waals surface area contributed by atoms with E-state index in [4.69, 9.17) is 4.42 Å². The highest BCUT2D eigenvalue weighted by atomic mass is 16.4. The van der Waals surface area contributed by atoms with Crippen LogP contribution in [0.3, 0.4) is 0 Å². The molecule has 0 aliphatic rings. The first kappa shape index (κ1) is 18.6. The van der Waals surface area contributed by atoms with Crippen molar-refractivity contribution in [3.8, 4) is 11.3 Å². The molecule has 29 heavy (non-hydrogen) atoms. The van der Waals surface area contributed by atoms with Crippen LogP contribution in [0.1, 0.15) is 21.7 Å². The highest BCUT2D eigenvalue weighted by Crippen LogP contribution is 2.37. The minimum absolute atomic E-state index is 0.199. The summed E-state index contributed by atoms with van der Waals surface area (Å²) in [6.07, 6.45) is 1.66. The Hall–Kier alpha value is -3.73. The SMILES string of the molecule is Cc1cc(-c2ccccc2)nc2oc(C(=O)c3ccccc3)c(N=CN(C)C)c12. The minimum atomic E-state index is -0.213. The van der Waals surface area contributed by atoms with E-state index in [1.54, 1.807) is 18.5 Å². The number of pyridine rings is 1. The lowest BCUT2D eigenvalue weighted by Crippen LogP contribution is -2.07. The largest absolute Gasteiger partial charge is 0.432 e. The lowest BCUT2D eigenvalue weighted by atomic mass is 10.0. The van der Waals surface area contributed by atoms with Crippen LogP contribution in [0.15, 0.2) is 76.1 Å². The monoisotopic (exact) mass is 383 g/mol. The van der Waals surface area contributed by atoms with Gasteiger partial charge in [-0.2, -0.15) is 0 Å². The molecule has 2 heterocycles. The number of hydrogen-bond acceptors (Lipinski definition) is 4. The van der Waals surface area contributed by atoms with Crippen LogP contribution >= 0.6 is 0 Å². The number of aliphatic imine (C=N–C) groups is 1. The van der Waals surface area contributed by atoms with Gasteiger partial charge in [0.1, 0.15) is 5.69 Å². The number of carbonyl (C=O) groups excluding carboxylic acids is 1. The van der Waals surface area contributed by atoms with Crippen molar-refractivity contribution in [2.75, 3.05) is 14.1 Å². The van der Waals surface area contributed by atoms with E-state index in [0.29, 0.717) is 17.0 Å². The molecule has 4 rings (SSSR count). The van der Waals surface area contributed by atoms with Crippen molar-refractivity contribution in [1.29, 1.82) is 0 Å². The second kappa shape index (κ2) is 7.72. The molecular weight excluding hydrogens is 362 g/mol. The standard InChI is InChI=1S/C24H21N3O2/c1-16-14-19(17-10-6-4-7-11-17)26-24-20(16)21(25-15-27(2)3)23(29-24)22(28)18-12-8-5-9-13-18/h4-15H,1-3H3. The van der Waals surface area contributed by atoms with Gasteiger partial charge in [0.25, 0.3) is 0 Å². The molecule has 0 amide bonds. The summed E-state index contributed by atoms with van der Waals surface area (Å²) in [4.78, 5) is 24.2. The number of rotatable bonds is 5. The van der Waals surface area contributed by atoms with Gasteiger partial charge in [-0.3, -0.25) is 4.79 Å². The molecule has 0 fully saturated rings. The molecule has 0 N–H and O–H groups in total. The Balaban J connectivity index is 1.93. The number of furan rings is 1. The third-order valence-electron chi connectivity index (χ3n) is 4.56. The number of carbonyl (C=O) groups is 1. The fourth-order valence-electron chi connectivity index (χ4n) is 3.19. The molecule has 5 nitrogen and oxygen atoms in total. The summed E-state index contributed by atoms with van der Waals surface area (Å²) in [5, 5.41) is 0.752. The Kier molecular flexibility index (Phi) is 4.96. The zero-order chi connectivity index (χ0) is 20.4. The number of nitrogens with zero attached hydrogens (tertiary/aromatic N) is 3. The summed E-state index contributed by atoms with van der Waals surface area (Å²) < 4.78 is 6.00. The highest BCUT2D eigenvalue weighted by Gasteiger charge is 2.24. The Morgan fingerprint density at radius 1 is 1.03 bits per heavy atom. The number of ketones is 1. The lowest BCUT2D eigenvalue weighted by Gasteiger charge is -2.05. The topological polar surface area (TPSA) is 58.7 Å². The van der Waals surface area contributed by atoms with Gasteiger partial charge in [-0.05, 0) is 18.6 Å². The van der Waals surface area contributed by atoms with Gasteiger partial charge >= 0.3 is 0 Å². The van der Waals surface area contributed by atoms with Crippen LogP contribution in [0, 0.1) is 6.92 Å². The molecule has 0 atom stereocenters. The van der Waals surface area contributed by atoms with E-state index >= 15 is 0 Å². The summed E-state index contributed by atoms with van der Waals surface area (Å²) in [6, 6.07) is 21.0. The molecule has 0 aliphatic carbocycles. The van der Waals surface area contributed by atoms with Gasteiger partial charge in [0.15, 0.2) is 0 Å². The number of hydrogen-bond donors (Lipinski definition) is 0. The zero-order valence-corrected chi connectivity index (χ0v) is 16.6. The van der Waals surface area contributed by atoms with Crippen molar-refractivity contribution in [2.24, 2.45) is 4.99 Å². The van der Waals surface area contributed by atoms with E-state index in [2.05, 4.69) is 9.98 Å². The van der Waals surface area contributed by atoms with Crippen LogP contribution < -0.4 is 0 Å². The van der Waals surface area contributed by atoms with E-state index < -0.39 is 0 Å². The highest BCUT2D eigenvalue weighted by molar-refractivity contribution is 6.14. The van der Waals surface area contributed by atoms with Gasteiger partial charge in [0.05, 0.1) is 17.4 Å². The summed E-state index contributed by atoms with van der Waals surface area (Å²) in [6.45, 7) is 1.98. The average molecular weight is 383 g/mol. The Morgan fingerprint density at radius 2 is 1.69 bits per heavy atom. The molecule has 0 spiro atoms. The number of fused-ring (bicyclic) bond motifs is 1. The maximum atomic E-state index is 13.1. The molecule has 5 heteroatoms. The van der Waals surface area contributed by atoms with E-state index in [9.17, 15) is 4.79 Å². The van der Waals surface area contributed by atoms with E-state index in [1.807, 2.05) is 80.5 Å². The number of aromatic nitrogens is 1. The first-order valence-electron chi connectivity index (χ1n) is 9.34. The number of aryl methyl sites for hydroxylation is 1. The Labute approximate surface area is 169 Å². The fraction of sp³-hybridized carbons (Fsp3) is 0.125. The van der Waals surface area contributed by atoms with Crippen LogP contribution in [-0.2, 0) is 0 Å². The first-order chi connectivity index (χ1) is 14.0. The van der Waals surface area contributed by atoms with Crippen molar-refractivity contribution in [2.45, 2.75) is 6.92 Å². The zero-order valence-electron chi connectivity index (χ0n) is 16.6. The predicted molar refractivity (Wildman–Crippen MR) is 116 cm³/mol. The smallest absolute Gasteiger partial charge is 0.230 e. The van der Waals surface area contributed by atoms with Crippen molar-refractivity contribution in [3.05, 3.63) is 83.6 Å². The molecule has 0 saturated heterocycles. The Bertz CT molecular complexity index is 1190. The van der Waals surface area contributed by atoms with Gasteiger partial charge in [-0.25, -0.2) is 9.98 Å². The van der Waals surface area contributed by atoms with Crippen LogP contribution in [0.4, 0.5) is 5.69 Å². The molecular formula is C24H21N3O2. The van der Waals surface area contributed by atoms with Crippen LogP contribution in [0.25, 0.3) is 22.4 Å². The summed E-state index contributed by atoms with van der Waals surface area (Å²) in [7, 11) is 3.76. The third-order valence-corrected chi connectivity index (χ3v) is 4.56. The molecule has 0 radical (unpaired) electrons. The maximum Gasteiger partial charge on any atom is 0.230 e. The average Bonchev–Trinajstić information content (AvgIpc) is 3.12. The normalized spacial score (nSPS) is 11.3. The molecule has 0 aliphatic heterocycles. The summed E-state index contributed by atoms with van der Waals surface area (Å²) >= 11 is 0. The molecule has 144 valence electrons. The third kappa shape index (κ3) is 3.67. The van der Waals surface area contributed by atoms with Gasteiger partial charge in [-0.1, -0.05) is 60.7 Å².